The van der Waals surface area contributed by atoms with E-state index in [2.05, 4.69) is 14.7 Å². The summed E-state index contributed by atoms with van der Waals surface area (Å²) in [5.41, 5.74) is 2.73. The van der Waals surface area contributed by atoms with Crippen LogP contribution in [0.5, 0.6) is 11.8 Å². The van der Waals surface area contributed by atoms with Crippen molar-refractivity contribution in [3.05, 3.63) is 190 Å². The van der Waals surface area contributed by atoms with E-state index in [0.717, 1.165) is 34.5 Å². The molecule has 0 bridgehead atoms. The van der Waals surface area contributed by atoms with Crippen LogP contribution in [0.2, 0.25) is 0 Å². The van der Waals surface area contributed by atoms with Gasteiger partial charge in [0, 0.05) is 39.1 Å². The maximum absolute atomic E-state index is 13.3. The fourth-order valence-corrected chi connectivity index (χ4v) is 7.79. The summed E-state index contributed by atoms with van der Waals surface area (Å²) in [6.07, 6.45) is 5.96. The van der Waals surface area contributed by atoms with Crippen molar-refractivity contribution < 1.29 is 62.0 Å². The molecule has 366 valence electrons. The molecule has 2 amide bonds. The van der Waals surface area contributed by atoms with Gasteiger partial charge in [0.05, 0.1) is 40.0 Å². The Morgan fingerprint density at radius 1 is 0.592 bits per heavy atom. The molecule has 10 rings (SSSR count). The zero-order valence-corrected chi connectivity index (χ0v) is 38.6. The van der Waals surface area contributed by atoms with Crippen LogP contribution in [0.1, 0.15) is 101 Å². The number of amides is 2. The summed E-state index contributed by atoms with van der Waals surface area (Å²) in [6.45, 7) is 2.93. The van der Waals surface area contributed by atoms with E-state index in [1.54, 1.807) is 21.3 Å². The molecule has 3 aromatic heterocycles. The molecule has 0 atom stereocenters. The van der Waals surface area contributed by atoms with Gasteiger partial charge in [0.25, 0.3) is 0 Å². The van der Waals surface area contributed by atoms with Crippen molar-refractivity contribution in [2.24, 2.45) is 0 Å². The smallest absolute Gasteiger partial charge is 0.359 e. The summed E-state index contributed by atoms with van der Waals surface area (Å²) in [7, 11) is 2.49. The first kappa shape index (κ1) is 50.3. The van der Waals surface area contributed by atoms with Gasteiger partial charge in [-0.2, -0.15) is 0 Å². The molecule has 5 heterocycles. The molecule has 2 saturated heterocycles. The number of hydrogen-bond donors (Lipinski definition) is 2. The molecule has 19 heteroatoms. The fraction of sp³-hybridized carbons (Fsp3) is 0.231. The van der Waals surface area contributed by atoms with Crippen LogP contribution in [0.25, 0.3) is 0 Å². The number of rotatable bonds is 10. The molecule has 2 N–H and O–H groups in total. The van der Waals surface area contributed by atoms with Gasteiger partial charge in [-0.3, -0.25) is 28.6 Å². The molecular formula is C52H48F2N6O11. The highest BCUT2D eigenvalue weighted by Crippen LogP contribution is 2.41. The lowest BCUT2D eigenvalue weighted by atomic mass is 9.93. The zero-order valence-electron chi connectivity index (χ0n) is 38.6. The van der Waals surface area contributed by atoms with E-state index in [-0.39, 0.29) is 64.6 Å². The van der Waals surface area contributed by atoms with Crippen molar-refractivity contribution in [1.82, 2.24) is 28.6 Å². The number of carbonyl (C=O) groups is 6. The minimum atomic E-state index is -0.669. The molecule has 3 aliphatic rings. The summed E-state index contributed by atoms with van der Waals surface area (Å²) in [4.78, 5) is 81.6. The van der Waals surface area contributed by atoms with Gasteiger partial charge in [0.2, 0.25) is 35.1 Å². The number of carbonyl (C=O) groups excluding carboxylic acids is 6. The van der Waals surface area contributed by atoms with Gasteiger partial charge < -0.3 is 33.6 Å². The van der Waals surface area contributed by atoms with E-state index in [1.807, 2.05) is 60.7 Å². The third-order valence-corrected chi connectivity index (χ3v) is 11.4. The van der Waals surface area contributed by atoms with Crippen molar-refractivity contribution in [3.63, 3.8) is 0 Å². The molecule has 0 radical (unpaired) electrons. The maximum atomic E-state index is 13.3. The average Bonchev–Trinajstić information content (AvgIpc) is 4.26. The first-order valence-corrected chi connectivity index (χ1v) is 22.3. The molecule has 1 aliphatic carbocycles. The number of esters is 2. The highest BCUT2D eigenvalue weighted by atomic mass is 19.1. The second-order valence-electron chi connectivity index (χ2n) is 16.2. The van der Waals surface area contributed by atoms with Crippen LogP contribution in [-0.2, 0) is 50.0 Å². The molecule has 2 fully saturated rings. The first-order chi connectivity index (χ1) is 34.3. The van der Waals surface area contributed by atoms with E-state index in [1.165, 1.54) is 81.0 Å². The van der Waals surface area contributed by atoms with Crippen LogP contribution in [0.15, 0.2) is 122 Å². The number of methoxy groups -OCH3 is 2. The summed E-state index contributed by atoms with van der Waals surface area (Å²) < 4.78 is 44.2. The predicted molar refractivity (Wildman–Crippen MR) is 250 cm³/mol. The van der Waals surface area contributed by atoms with Gasteiger partial charge in [-0.05, 0) is 59.4 Å². The number of aromatic nitrogens is 5. The number of ketones is 2. The van der Waals surface area contributed by atoms with Crippen LogP contribution in [0.4, 0.5) is 8.78 Å². The summed E-state index contributed by atoms with van der Waals surface area (Å²) in [5.74, 6) is -4.62. The van der Waals surface area contributed by atoms with Gasteiger partial charge in [-0.25, -0.2) is 28.3 Å². The van der Waals surface area contributed by atoms with Gasteiger partial charge >= 0.3 is 11.9 Å². The number of imide groups is 1. The van der Waals surface area contributed by atoms with E-state index < -0.39 is 41.1 Å². The lowest BCUT2D eigenvalue weighted by molar-refractivity contribution is -0.139. The Morgan fingerprint density at radius 2 is 1.06 bits per heavy atom. The maximum Gasteiger partial charge on any atom is 0.359 e. The van der Waals surface area contributed by atoms with Crippen molar-refractivity contribution in [1.29, 1.82) is 0 Å². The predicted octanol–water partition coefficient (Wildman–Crippen LogP) is 6.88. The molecule has 71 heavy (non-hydrogen) atoms. The Balaban J connectivity index is 0.000000159. The number of fused-ring (bicyclic) bond motifs is 2. The molecule has 2 aliphatic heterocycles. The summed E-state index contributed by atoms with van der Waals surface area (Å²) >= 11 is 0. The monoisotopic (exact) mass is 970 g/mol. The molecular weight excluding hydrogens is 923 g/mol. The number of halogens is 2. The minimum absolute atomic E-state index is 0.0460. The number of hydrogen-bond acceptors (Lipinski definition) is 13. The fourth-order valence-electron chi connectivity index (χ4n) is 7.79. The van der Waals surface area contributed by atoms with Gasteiger partial charge in [-0.15, -0.1) is 0 Å². The largest absolute Gasteiger partial charge is 0.494 e. The second-order valence-corrected chi connectivity index (χ2v) is 16.2. The highest BCUT2D eigenvalue weighted by Gasteiger charge is 2.42. The Kier molecular flexibility index (Phi) is 16.4. The highest BCUT2D eigenvalue weighted by molar-refractivity contribution is 6.29. The number of nitrogens with zero attached hydrogens (tertiary/aromatic N) is 6. The lowest BCUT2D eigenvalue weighted by Crippen LogP contribution is -2.28. The Hall–Kier alpha value is -8.58. The SMILES string of the molecule is C1CCOC1.COC(=O)c1ncn(Cc2ccccc2)c1C(=O)OC.O=C1CCC(=O)N1Cc1ccc(F)cc1.O=C1c2ncn(Cc3ccccc3)c2C(=O)c2c1c(O)n(Cc1ccc(F)cc1)c2O. The van der Waals surface area contributed by atoms with Gasteiger partial charge in [-0.1, -0.05) is 84.9 Å². The van der Waals surface area contributed by atoms with E-state index in [9.17, 15) is 47.8 Å². The number of likely N-dealkylation sites (tertiary alicyclic amines) is 1. The van der Waals surface area contributed by atoms with Gasteiger partial charge in [0.1, 0.15) is 34.1 Å². The molecule has 4 aromatic carbocycles. The molecule has 7 aromatic rings. The van der Waals surface area contributed by atoms with Crippen molar-refractivity contribution in [2.75, 3.05) is 27.4 Å². The average molecular weight is 971 g/mol. The zero-order chi connectivity index (χ0) is 50.6. The number of imidazole rings is 2. The number of benzene rings is 4. The Morgan fingerprint density at radius 3 is 1.55 bits per heavy atom. The van der Waals surface area contributed by atoms with Crippen molar-refractivity contribution in [3.8, 4) is 11.8 Å². The Labute approximate surface area is 405 Å². The van der Waals surface area contributed by atoms with E-state index >= 15 is 0 Å². The second kappa shape index (κ2) is 23.1. The Bertz CT molecular complexity index is 3010. The molecule has 0 unspecified atom stereocenters. The minimum Gasteiger partial charge on any atom is -0.494 e. The van der Waals surface area contributed by atoms with Crippen LogP contribution in [0.3, 0.4) is 0 Å². The lowest BCUT2D eigenvalue weighted by Gasteiger charge is -2.13. The third-order valence-electron chi connectivity index (χ3n) is 11.4. The summed E-state index contributed by atoms with van der Waals surface area (Å²) in [5, 5.41) is 21.4. The van der Waals surface area contributed by atoms with E-state index in [4.69, 9.17) is 9.47 Å². The third kappa shape index (κ3) is 11.8. The normalized spacial score (nSPS) is 13.5. The molecule has 0 saturated carbocycles. The first-order valence-electron chi connectivity index (χ1n) is 22.3. The van der Waals surface area contributed by atoms with Crippen molar-refractivity contribution in [2.45, 2.75) is 51.9 Å². The standard InChI is InChI=1S/C23H16FN3O4.C14H14N2O4.C11H10FNO2.C4H8O/c24-15-8-6-14(7-9-15)11-27-22(30)16-17(23(27)31)21(29)19-18(20(16)28)25-12-26(19)10-13-4-2-1-3-5-13;1-19-13(17)11-12(14(18)20-2)16(9-15-11)8-10-6-4-3-5-7-10;12-9-3-1-8(2-4-9)7-13-10(14)5-6-11(13)15;1-2-4-5-3-1/h1-9,12,30-31H,10-11H2;3-7,9H,8H2,1-2H3;1-4H,5-7H2;1-4H2. The van der Waals surface area contributed by atoms with Crippen molar-refractivity contribution >= 4 is 35.3 Å². The van der Waals surface area contributed by atoms with Crippen LogP contribution in [-0.4, -0.2) is 102 Å². The number of ether oxygens (including phenoxy) is 3. The number of aromatic hydroxyl groups is 2. The van der Waals surface area contributed by atoms with Gasteiger partial charge in [0.15, 0.2) is 11.4 Å². The molecule has 17 nitrogen and oxygen atoms in total. The van der Waals surface area contributed by atoms with Crippen LogP contribution < -0.4 is 0 Å². The molecule has 0 spiro atoms. The quantitative estimate of drug-likeness (QED) is 0.106. The topological polar surface area (TPSA) is 214 Å². The summed E-state index contributed by atoms with van der Waals surface area (Å²) in [6, 6.07) is 30.2. The van der Waals surface area contributed by atoms with Crippen LogP contribution >= 0.6 is 0 Å². The van der Waals surface area contributed by atoms with Crippen LogP contribution in [0, 0.1) is 11.6 Å². The van der Waals surface area contributed by atoms with E-state index in [0.29, 0.717) is 31.5 Å².